The van der Waals surface area contributed by atoms with Gasteiger partial charge in [0.1, 0.15) is 34.1 Å². The Balaban J connectivity index is 1.27. The van der Waals surface area contributed by atoms with Gasteiger partial charge in [0.25, 0.3) is 5.91 Å². The molecule has 1 N–H and O–H groups in total. The number of thiazole rings is 1. The Bertz CT molecular complexity index is 1180. The van der Waals surface area contributed by atoms with Crippen molar-refractivity contribution < 1.29 is 23.8 Å². The first-order chi connectivity index (χ1) is 15.1. The van der Waals surface area contributed by atoms with Gasteiger partial charge >= 0.3 is 5.97 Å². The zero-order valence-corrected chi connectivity index (χ0v) is 17.4. The molecule has 0 aliphatic carbocycles. The predicted octanol–water partition coefficient (Wildman–Crippen LogP) is 4.38. The second kappa shape index (κ2) is 9.31. The maximum Gasteiger partial charge on any atom is 0.356 e. The highest BCUT2D eigenvalue weighted by Crippen LogP contribution is 2.25. The van der Waals surface area contributed by atoms with Crippen LogP contribution in [0.5, 0.6) is 17.2 Å². The molecule has 0 unspecified atom stereocenters. The largest absolute Gasteiger partial charge is 0.494 e. The van der Waals surface area contributed by atoms with E-state index in [0.717, 1.165) is 10.6 Å². The number of fused-ring (bicyclic) bond motifs is 1. The minimum absolute atomic E-state index is 0.334. The van der Waals surface area contributed by atoms with Crippen LogP contribution < -0.4 is 14.8 Å². The Hall–Kier alpha value is -3.85. The molecule has 4 aromatic rings. The molecule has 0 aliphatic heterocycles. The summed E-state index contributed by atoms with van der Waals surface area (Å²) in [5.41, 5.74) is 0.897. The van der Waals surface area contributed by atoms with Crippen LogP contribution in [0, 0.1) is 0 Å². The van der Waals surface area contributed by atoms with Crippen molar-refractivity contribution in [2.45, 2.75) is 6.92 Å². The van der Waals surface area contributed by atoms with Crippen molar-refractivity contribution in [2.24, 2.45) is 0 Å². The summed E-state index contributed by atoms with van der Waals surface area (Å²) < 4.78 is 17.9. The Morgan fingerprint density at radius 1 is 1.03 bits per heavy atom. The molecule has 31 heavy (non-hydrogen) atoms. The highest BCUT2D eigenvalue weighted by Gasteiger charge is 2.15. The molecule has 0 atom stereocenters. The van der Waals surface area contributed by atoms with Gasteiger partial charge < -0.3 is 19.5 Å². The third-order valence-electron chi connectivity index (χ3n) is 4.21. The van der Waals surface area contributed by atoms with Crippen LogP contribution in [0.4, 0.5) is 5.69 Å². The molecule has 4 rings (SSSR count). The highest BCUT2D eigenvalue weighted by atomic mass is 32.1. The lowest BCUT2D eigenvalue weighted by Gasteiger charge is -2.09. The first kappa shape index (κ1) is 20.4. The third kappa shape index (κ3) is 5.01. The van der Waals surface area contributed by atoms with Gasteiger partial charge in [0.2, 0.25) is 0 Å². The second-order valence-electron chi connectivity index (χ2n) is 6.38. The number of hydrogen-bond donors (Lipinski definition) is 1. The summed E-state index contributed by atoms with van der Waals surface area (Å²) in [6, 6.07) is 14.2. The minimum atomic E-state index is -0.585. The van der Waals surface area contributed by atoms with Crippen molar-refractivity contribution in [2.75, 3.05) is 18.5 Å². The van der Waals surface area contributed by atoms with E-state index in [-0.39, 0.29) is 0 Å². The minimum Gasteiger partial charge on any atom is -0.494 e. The van der Waals surface area contributed by atoms with E-state index in [1.807, 2.05) is 31.2 Å². The van der Waals surface area contributed by atoms with E-state index in [1.165, 1.54) is 17.7 Å². The molecule has 158 valence electrons. The molecule has 1 amide bonds. The van der Waals surface area contributed by atoms with Crippen LogP contribution in [-0.2, 0) is 9.53 Å². The number of nitrogens with zero attached hydrogens (tertiary/aromatic N) is 2. The first-order valence-corrected chi connectivity index (χ1v) is 10.4. The van der Waals surface area contributed by atoms with Crippen LogP contribution in [0.1, 0.15) is 17.4 Å². The number of carbonyl (C=O) groups excluding carboxylic acids is 2. The lowest BCUT2D eigenvalue weighted by atomic mass is 10.3. The standard InChI is InChI=1S/C22H19N3O5S/c1-2-28-16-7-9-18(10-8-16)30-17-5-3-15(4-6-17)24-20(26)12-29-22(27)19-13-31-21-11-23-14-25(19)21/h3-11,13-14H,2,12H2,1H3,(H,24,26). The van der Waals surface area contributed by atoms with Gasteiger partial charge in [-0.1, -0.05) is 0 Å². The smallest absolute Gasteiger partial charge is 0.356 e. The average molecular weight is 437 g/mol. The summed E-state index contributed by atoms with van der Waals surface area (Å²) >= 11 is 1.37. The summed E-state index contributed by atoms with van der Waals surface area (Å²) in [6.07, 6.45) is 3.18. The zero-order chi connectivity index (χ0) is 21.6. The molecule has 2 aromatic carbocycles. The number of anilines is 1. The van der Waals surface area contributed by atoms with E-state index >= 15 is 0 Å². The number of carbonyl (C=O) groups is 2. The molecule has 2 aromatic heterocycles. The fraction of sp³-hybridized carbons (Fsp3) is 0.136. The molecule has 0 bridgehead atoms. The first-order valence-electron chi connectivity index (χ1n) is 9.49. The summed E-state index contributed by atoms with van der Waals surface area (Å²) in [7, 11) is 0. The Labute approximate surface area is 182 Å². The lowest BCUT2D eigenvalue weighted by molar-refractivity contribution is -0.119. The number of aromatic nitrogens is 2. The highest BCUT2D eigenvalue weighted by molar-refractivity contribution is 7.15. The molecular formula is C22H19N3O5S. The van der Waals surface area contributed by atoms with E-state index in [1.54, 1.807) is 40.2 Å². The van der Waals surface area contributed by atoms with Crippen LogP contribution in [-0.4, -0.2) is 34.5 Å². The topological polar surface area (TPSA) is 91.2 Å². The fourth-order valence-corrected chi connectivity index (χ4v) is 3.61. The van der Waals surface area contributed by atoms with Gasteiger partial charge in [-0.15, -0.1) is 11.3 Å². The van der Waals surface area contributed by atoms with Crippen LogP contribution in [0.15, 0.2) is 66.4 Å². The maximum absolute atomic E-state index is 12.2. The zero-order valence-electron chi connectivity index (χ0n) is 16.6. The van der Waals surface area contributed by atoms with Crippen molar-refractivity contribution in [3.05, 3.63) is 72.1 Å². The van der Waals surface area contributed by atoms with Crippen LogP contribution in [0.2, 0.25) is 0 Å². The number of benzene rings is 2. The van der Waals surface area contributed by atoms with Crippen molar-refractivity contribution in [1.82, 2.24) is 9.38 Å². The van der Waals surface area contributed by atoms with Gasteiger partial charge in [-0.05, 0) is 55.5 Å². The number of hydrogen-bond acceptors (Lipinski definition) is 7. The van der Waals surface area contributed by atoms with Gasteiger partial charge in [-0.2, -0.15) is 0 Å². The number of amides is 1. The molecule has 0 aliphatic rings. The molecule has 8 nitrogen and oxygen atoms in total. The van der Waals surface area contributed by atoms with E-state index < -0.39 is 18.5 Å². The summed E-state index contributed by atoms with van der Waals surface area (Å²) in [5, 5.41) is 4.35. The van der Waals surface area contributed by atoms with Gasteiger partial charge in [0, 0.05) is 11.1 Å². The molecule has 0 spiro atoms. The molecule has 0 fully saturated rings. The number of ether oxygens (including phenoxy) is 3. The van der Waals surface area contributed by atoms with Gasteiger partial charge in [0.15, 0.2) is 6.61 Å². The third-order valence-corrected chi connectivity index (χ3v) is 5.09. The molecule has 2 heterocycles. The number of imidazole rings is 1. The quantitative estimate of drug-likeness (QED) is 0.411. The van der Waals surface area contributed by atoms with Gasteiger partial charge in [-0.3, -0.25) is 9.20 Å². The van der Waals surface area contributed by atoms with Crippen molar-refractivity contribution in [3.63, 3.8) is 0 Å². The maximum atomic E-state index is 12.2. The Morgan fingerprint density at radius 2 is 1.71 bits per heavy atom. The van der Waals surface area contributed by atoms with Gasteiger partial charge in [0.05, 0.1) is 12.8 Å². The van der Waals surface area contributed by atoms with Crippen LogP contribution in [0.3, 0.4) is 0 Å². The monoisotopic (exact) mass is 437 g/mol. The van der Waals surface area contributed by atoms with Gasteiger partial charge in [-0.25, -0.2) is 9.78 Å². The Kier molecular flexibility index (Phi) is 6.13. The molecule has 0 saturated heterocycles. The SMILES string of the molecule is CCOc1ccc(Oc2ccc(NC(=O)COC(=O)c3csc4cncn34)cc2)cc1. The lowest BCUT2D eigenvalue weighted by Crippen LogP contribution is -2.21. The Morgan fingerprint density at radius 3 is 2.42 bits per heavy atom. The van der Waals surface area contributed by atoms with Crippen LogP contribution in [0.25, 0.3) is 4.83 Å². The summed E-state index contributed by atoms with van der Waals surface area (Å²) in [4.78, 5) is 29.1. The van der Waals surface area contributed by atoms with Crippen molar-refractivity contribution >= 4 is 33.7 Å². The number of rotatable bonds is 8. The van der Waals surface area contributed by atoms with Crippen molar-refractivity contribution in [3.8, 4) is 17.2 Å². The molecule has 9 heteroatoms. The molecule has 0 saturated carbocycles. The summed E-state index contributed by atoms with van der Waals surface area (Å²) in [5.74, 6) is 1.05. The van der Waals surface area contributed by atoms with Crippen LogP contribution >= 0.6 is 11.3 Å². The second-order valence-corrected chi connectivity index (χ2v) is 7.27. The summed E-state index contributed by atoms with van der Waals surface area (Å²) in [6.45, 7) is 2.14. The normalized spacial score (nSPS) is 10.6. The van der Waals surface area contributed by atoms with Crippen molar-refractivity contribution in [1.29, 1.82) is 0 Å². The number of nitrogens with one attached hydrogen (secondary N) is 1. The van der Waals surface area contributed by atoms with E-state index in [2.05, 4.69) is 10.3 Å². The van der Waals surface area contributed by atoms with E-state index in [4.69, 9.17) is 14.2 Å². The molecular weight excluding hydrogens is 418 g/mol. The predicted molar refractivity (Wildman–Crippen MR) is 116 cm³/mol. The fourth-order valence-electron chi connectivity index (χ4n) is 2.79. The average Bonchev–Trinajstić information content (AvgIpc) is 3.39. The molecule has 0 radical (unpaired) electrons. The van der Waals surface area contributed by atoms with E-state index in [9.17, 15) is 9.59 Å². The number of esters is 1. The van der Waals surface area contributed by atoms with E-state index in [0.29, 0.717) is 29.5 Å².